The second kappa shape index (κ2) is 1.86. The maximum absolute atomic E-state index is 10.0. The monoisotopic (exact) mass is 108 g/mol. The van der Waals surface area contributed by atoms with E-state index in [1.807, 2.05) is 0 Å². The second-order valence-corrected chi connectivity index (χ2v) is 1.55. The van der Waals surface area contributed by atoms with Crippen molar-refractivity contribution in [3.05, 3.63) is 17.9 Å². The molecule has 40 valence electrons. The summed E-state index contributed by atoms with van der Waals surface area (Å²) < 4.78 is 4.82. The normalized spacial score (nSPS) is 9.00. The Morgan fingerprint density at radius 3 is 2.75 bits per heavy atom. The van der Waals surface area contributed by atoms with Crippen molar-refractivity contribution >= 4 is 19.8 Å². The van der Waals surface area contributed by atoms with Gasteiger partial charge < -0.3 is 4.42 Å². The van der Waals surface area contributed by atoms with Crippen molar-refractivity contribution in [1.29, 1.82) is 0 Å². The predicted molar refractivity (Wildman–Crippen MR) is 32.3 cm³/mol. The molecule has 0 atom stereocenters. The van der Waals surface area contributed by atoms with Crippen LogP contribution in [0, 0.1) is 0 Å². The predicted octanol–water partition coefficient (Wildman–Crippen LogP) is -0.649. The van der Waals surface area contributed by atoms with Crippen molar-refractivity contribution in [3.63, 3.8) is 0 Å². The Balaban J connectivity index is 3.09. The van der Waals surface area contributed by atoms with Gasteiger partial charge in [0.15, 0.2) is 14.1 Å². The first kappa shape index (κ1) is 5.16. The molecule has 0 amide bonds. The maximum Gasteiger partial charge on any atom is 0.187 e. The van der Waals surface area contributed by atoms with Crippen LogP contribution in [0.2, 0.25) is 0 Å². The molecule has 2 nitrogen and oxygen atoms in total. The van der Waals surface area contributed by atoms with E-state index in [1.54, 1.807) is 13.9 Å². The molecule has 0 bridgehead atoms. The number of rotatable bonds is 1. The van der Waals surface area contributed by atoms with E-state index in [1.165, 1.54) is 6.26 Å². The second-order valence-electron chi connectivity index (χ2n) is 1.55. The van der Waals surface area contributed by atoms with E-state index in [0.29, 0.717) is 11.2 Å². The van der Waals surface area contributed by atoms with E-state index < -0.39 is 0 Å². The number of hydrogen-bond acceptors (Lipinski definition) is 2. The molecular weight excluding hydrogens is 103 g/mol. The lowest BCUT2D eigenvalue weighted by Crippen LogP contribution is -2.02. The SMILES string of the molecule is Bc1occc1C=O. The summed E-state index contributed by atoms with van der Waals surface area (Å²) in [5.41, 5.74) is 1.31. The molecule has 0 aliphatic rings. The van der Waals surface area contributed by atoms with Crippen molar-refractivity contribution in [3.8, 4) is 0 Å². The molecule has 1 heterocycles. The molecule has 0 saturated carbocycles. The highest BCUT2D eigenvalue weighted by molar-refractivity contribution is 6.32. The number of aldehydes is 1. The summed E-state index contributed by atoms with van der Waals surface area (Å²) in [5.74, 6) is 0. The zero-order chi connectivity index (χ0) is 5.98. The largest absolute Gasteiger partial charge is 0.480 e. The van der Waals surface area contributed by atoms with Crippen LogP contribution in [0.15, 0.2) is 16.7 Å². The highest BCUT2D eigenvalue weighted by Gasteiger charge is 1.94. The van der Waals surface area contributed by atoms with Gasteiger partial charge >= 0.3 is 0 Å². The minimum absolute atomic E-state index is 0.630. The Morgan fingerprint density at radius 1 is 1.75 bits per heavy atom. The first-order valence-corrected chi connectivity index (χ1v) is 2.34. The average molecular weight is 108 g/mol. The Bertz CT molecular complexity index is 192. The van der Waals surface area contributed by atoms with Crippen molar-refractivity contribution < 1.29 is 9.21 Å². The standard InChI is InChI=1S/C5H5BO2/c6-5-4(3-7)1-2-8-5/h1-3H,6H2. The smallest absolute Gasteiger partial charge is 0.187 e. The summed E-state index contributed by atoms with van der Waals surface area (Å²) in [4.78, 5) is 10.0. The fourth-order valence-corrected chi connectivity index (χ4v) is 0.517. The zero-order valence-corrected chi connectivity index (χ0v) is 4.55. The van der Waals surface area contributed by atoms with Crippen LogP contribution in [0.3, 0.4) is 0 Å². The molecule has 0 unspecified atom stereocenters. The van der Waals surface area contributed by atoms with Crippen LogP contribution in [0.4, 0.5) is 0 Å². The topological polar surface area (TPSA) is 30.2 Å². The quantitative estimate of drug-likeness (QED) is 0.353. The summed E-state index contributed by atoms with van der Waals surface area (Å²) in [6.45, 7) is 0. The Labute approximate surface area is 47.9 Å². The molecule has 0 N–H and O–H groups in total. The Morgan fingerprint density at radius 2 is 2.50 bits per heavy atom. The highest BCUT2D eigenvalue weighted by Crippen LogP contribution is 1.88. The minimum Gasteiger partial charge on any atom is -0.480 e. The van der Waals surface area contributed by atoms with Crippen LogP contribution in [-0.4, -0.2) is 14.1 Å². The van der Waals surface area contributed by atoms with Crippen molar-refractivity contribution in [2.75, 3.05) is 0 Å². The zero-order valence-electron chi connectivity index (χ0n) is 4.55. The van der Waals surface area contributed by atoms with Gasteiger partial charge in [0.25, 0.3) is 0 Å². The Kier molecular flexibility index (Phi) is 1.20. The van der Waals surface area contributed by atoms with Gasteiger partial charge in [-0.15, -0.1) is 0 Å². The highest BCUT2D eigenvalue weighted by atomic mass is 16.3. The van der Waals surface area contributed by atoms with Gasteiger partial charge in [-0.1, -0.05) is 0 Å². The summed E-state index contributed by atoms with van der Waals surface area (Å²) in [6.07, 6.45) is 2.28. The van der Waals surface area contributed by atoms with Crippen LogP contribution < -0.4 is 5.66 Å². The summed E-state index contributed by atoms with van der Waals surface area (Å²) in [6, 6.07) is 1.64. The fourth-order valence-electron chi connectivity index (χ4n) is 0.517. The number of carbonyl (C=O) groups is 1. The third-order valence-corrected chi connectivity index (χ3v) is 1.03. The molecule has 0 aliphatic heterocycles. The molecule has 8 heavy (non-hydrogen) atoms. The molecule has 1 rings (SSSR count). The fraction of sp³-hybridized carbons (Fsp3) is 0. The van der Waals surface area contributed by atoms with E-state index in [9.17, 15) is 4.79 Å². The number of hydrogen-bond donors (Lipinski definition) is 0. The van der Waals surface area contributed by atoms with Crippen LogP contribution in [-0.2, 0) is 0 Å². The van der Waals surface area contributed by atoms with Gasteiger partial charge in [-0.25, -0.2) is 0 Å². The molecule has 1 aromatic heterocycles. The van der Waals surface area contributed by atoms with Crippen LogP contribution >= 0.6 is 0 Å². The third-order valence-electron chi connectivity index (χ3n) is 1.03. The van der Waals surface area contributed by atoms with Crippen LogP contribution in [0.1, 0.15) is 10.4 Å². The summed E-state index contributed by atoms with van der Waals surface area (Å²) in [7, 11) is 1.75. The first-order valence-electron chi connectivity index (χ1n) is 2.34. The van der Waals surface area contributed by atoms with Crippen LogP contribution in [0.25, 0.3) is 0 Å². The lowest BCUT2D eigenvalue weighted by atomic mass is 10.0. The van der Waals surface area contributed by atoms with Gasteiger partial charge in [-0.05, 0) is 6.07 Å². The van der Waals surface area contributed by atoms with Crippen molar-refractivity contribution in [2.24, 2.45) is 0 Å². The van der Waals surface area contributed by atoms with E-state index in [-0.39, 0.29) is 0 Å². The van der Waals surface area contributed by atoms with E-state index in [4.69, 9.17) is 4.42 Å². The lowest BCUT2D eigenvalue weighted by molar-refractivity contribution is 0.112. The van der Waals surface area contributed by atoms with E-state index in [0.717, 1.165) is 6.29 Å². The maximum atomic E-state index is 10.0. The average Bonchev–Trinajstić information content (AvgIpc) is 2.14. The number of carbonyl (C=O) groups excluding carboxylic acids is 1. The molecule has 1 aromatic rings. The van der Waals surface area contributed by atoms with Gasteiger partial charge in [-0.2, -0.15) is 0 Å². The van der Waals surface area contributed by atoms with Crippen LogP contribution in [0.5, 0.6) is 0 Å². The Hall–Kier alpha value is -0.985. The lowest BCUT2D eigenvalue weighted by Gasteiger charge is -1.78. The van der Waals surface area contributed by atoms with E-state index >= 15 is 0 Å². The molecule has 0 saturated heterocycles. The third kappa shape index (κ3) is 0.666. The molecule has 0 aromatic carbocycles. The molecule has 0 fully saturated rings. The van der Waals surface area contributed by atoms with Gasteiger partial charge in [0.2, 0.25) is 0 Å². The summed E-state index contributed by atoms with van der Waals surface area (Å²) >= 11 is 0. The molecule has 3 heteroatoms. The van der Waals surface area contributed by atoms with Gasteiger partial charge in [0.05, 0.1) is 11.9 Å². The van der Waals surface area contributed by atoms with E-state index in [2.05, 4.69) is 0 Å². The molecule has 0 spiro atoms. The molecule has 0 aliphatic carbocycles. The number of furan rings is 1. The van der Waals surface area contributed by atoms with Crippen molar-refractivity contribution in [2.45, 2.75) is 0 Å². The first-order chi connectivity index (χ1) is 3.84. The summed E-state index contributed by atoms with van der Waals surface area (Å²) in [5, 5.41) is 0. The van der Waals surface area contributed by atoms with Gasteiger partial charge in [0.1, 0.15) is 0 Å². The van der Waals surface area contributed by atoms with Crippen molar-refractivity contribution in [1.82, 2.24) is 0 Å². The van der Waals surface area contributed by atoms with Gasteiger partial charge in [0, 0.05) is 5.56 Å². The van der Waals surface area contributed by atoms with Gasteiger partial charge in [-0.3, -0.25) is 4.79 Å². The minimum atomic E-state index is 0.630. The molecular formula is C5H5BO2. The molecule has 0 radical (unpaired) electrons.